The number of allylic oxidation sites excluding steroid dienone is 4. The third-order valence-electron chi connectivity index (χ3n) is 4.97. The predicted molar refractivity (Wildman–Crippen MR) is 127 cm³/mol. The van der Waals surface area contributed by atoms with Crippen LogP contribution in [0.15, 0.2) is 64.6 Å². The molecule has 0 bridgehead atoms. The Balaban J connectivity index is 0.000000807. The van der Waals surface area contributed by atoms with Crippen molar-refractivity contribution < 1.29 is 13.9 Å². The lowest BCUT2D eigenvalue weighted by Crippen LogP contribution is -2.28. The molecule has 0 spiro atoms. The van der Waals surface area contributed by atoms with Gasteiger partial charge in [-0.3, -0.25) is 0 Å². The minimum atomic E-state index is 0.481. The number of ether oxygens (including phenoxy) is 2. The number of oxazole rings is 1. The molecule has 0 radical (unpaired) electrons. The normalized spacial score (nSPS) is 17.7. The molecular formula is C26H38N2O3. The summed E-state index contributed by atoms with van der Waals surface area (Å²) in [7, 11) is 0. The second-order valence-electron chi connectivity index (χ2n) is 7.09. The average molecular weight is 427 g/mol. The number of hydrogen-bond donors (Lipinski definition) is 1. The Hall–Kier alpha value is -2.53. The molecule has 1 saturated heterocycles. The van der Waals surface area contributed by atoms with Crippen molar-refractivity contribution in [3.8, 4) is 11.5 Å². The minimum Gasteiger partial charge on any atom is -0.492 e. The molecule has 2 aliphatic rings. The van der Waals surface area contributed by atoms with E-state index >= 15 is 0 Å². The van der Waals surface area contributed by atoms with Gasteiger partial charge in [-0.25, -0.2) is 4.98 Å². The van der Waals surface area contributed by atoms with E-state index in [9.17, 15) is 0 Å². The van der Waals surface area contributed by atoms with Crippen molar-refractivity contribution in [3.05, 3.63) is 66.1 Å². The highest BCUT2D eigenvalue weighted by Gasteiger charge is 2.14. The quantitative estimate of drug-likeness (QED) is 0.549. The van der Waals surface area contributed by atoms with Gasteiger partial charge >= 0.3 is 0 Å². The summed E-state index contributed by atoms with van der Waals surface area (Å²) in [5.41, 5.74) is 1.32. The highest BCUT2D eigenvalue weighted by molar-refractivity contribution is 5.33. The van der Waals surface area contributed by atoms with Crippen molar-refractivity contribution in [2.75, 3.05) is 13.2 Å². The first kappa shape index (κ1) is 24.7. The zero-order chi connectivity index (χ0) is 22.3. The highest BCUT2D eigenvalue weighted by Crippen LogP contribution is 2.25. The van der Waals surface area contributed by atoms with Gasteiger partial charge < -0.3 is 19.2 Å². The van der Waals surface area contributed by atoms with Gasteiger partial charge in [0.15, 0.2) is 5.89 Å². The van der Waals surface area contributed by atoms with Gasteiger partial charge in [-0.1, -0.05) is 39.3 Å². The fraction of sp³-hybridized carbons (Fsp3) is 0.500. The highest BCUT2D eigenvalue weighted by atomic mass is 16.5. The van der Waals surface area contributed by atoms with Gasteiger partial charge in [0.2, 0.25) is 0 Å². The maximum atomic E-state index is 6.06. The van der Waals surface area contributed by atoms with E-state index in [2.05, 4.69) is 22.5 Å². The van der Waals surface area contributed by atoms with E-state index in [0.29, 0.717) is 6.04 Å². The molecule has 1 fully saturated rings. The van der Waals surface area contributed by atoms with Gasteiger partial charge in [-0.2, -0.15) is 0 Å². The van der Waals surface area contributed by atoms with Gasteiger partial charge in [0.25, 0.3) is 0 Å². The van der Waals surface area contributed by atoms with E-state index in [1.165, 1.54) is 18.4 Å². The van der Waals surface area contributed by atoms with E-state index < -0.39 is 0 Å². The number of rotatable bonds is 7. The second kappa shape index (κ2) is 14.5. The predicted octanol–water partition coefficient (Wildman–Crippen LogP) is 6.47. The molecular weight excluding hydrogens is 388 g/mol. The van der Waals surface area contributed by atoms with E-state index in [-0.39, 0.29) is 0 Å². The Labute approximate surface area is 187 Å². The molecule has 1 aromatic heterocycles. The topological polar surface area (TPSA) is 56.5 Å². The number of nitrogens with zero attached hydrogens (tertiary/aromatic N) is 1. The molecule has 1 aliphatic carbocycles. The summed E-state index contributed by atoms with van der Waals surface area (Å²) in [5.74, 6) is 3.49. The van der Waals surface area contributed by atoms with Gasteiger partial charge in [-0.15, -0.1) is 0 Å². The molecule has 1 aromatic carbocycles. The van der Waals surface area contributed by atoms with Gasteiger partial charge in [0.1, 0.15) is 30.1 Å². The first-order chi connectivity index (χ1) is 15.3. The van der Waals surface area contributed by atoms with Crippen LogP contribution in [0.5, 0.6) is 11.5 Å². The van der Waals surface area contributed by atoms with Crippen LogP contribution in [0, 0.1) is 0 Å². The van der Waals surface area contributed by atoms with Crippen molar-refractivity contribution in [3.63, 3.8) is 0 Å². The van der Waals surface area contributed by atoms with Crippen LogP contribution in [0.3, 0.4) is 0 Å². The molecule has 2 heterocycles. The summed E-state index contributed by atoms with van der Waals surface area (Å²) in [4.78, 5) is 4.20. The summed E-state index contributed by atoms with van der Waals surface area (Å²) in [6.45, 7) is 9.83. The Kier molecular flexibility index (Phi) is 11.5. The molecule has 31 heavy (non-hydrogen) atoms. The lowest BCUT2D eigenvalue weighted by molar-refractivity contribution is 0.277. The van der Waals surface area contributed by atoms with Crippen LogP contribution in [-0.2, 0) is 6.42 Å². The monoisotopic (exact) mass is 426 g/mol. The Bertz CT molecular complexity index is 773. The maximum Gasteiger partial charge on any atom is 0.198 e. The summed E-state index contributed by atoms with van der Waals surface area (Å²) < 4.78 is 17.3. The lowest BCUT2D eigenvalue weighted by Gasteiger charge is -2.13. The number of benzene rings is 1. The molecule has 5 heteroatoms. The Morgan fingerprint density at radius 1 is 1.00 bits per heavy atom. The standard InChI is InChI=1S/C22H26N2O3.2C2H6/c1-3-17(15-22-24-13-14-25-22)6-7-20(5-1)27-21-10-8-19(9-11-21)26-16-18-4-2-12-23-18;2*1-2/h6-11,13-14,18,23H,1-5,12,15-16H2;2*1-2H3/t18-;;/m1../s1. The first-order valence-corrected chi connectivity index (χ1v) is 11.8. The van der Waals surface area contributed by atoms with Crippen molar-refractivity contribution in [1.29, 1.82) is 0 Å². The largest absolute Gasteiger partial charge is 0.492 e. The molecule has 0 amide bonds. The molecule has 1 atom stereocenters. The van der Waals surface area contributed by atoms with E-state index in [4.69, 9.17) is 13.9 Å². The molecule has 5 nitrogen and oxygen atoms in total. The smallest absolute Gasteiger partial charge is 0.198 e. The summed E-state index contributed by atoms with van der Waals surface area (Å²) >= 11 is 0. The first-order valence-electron chi connectivity index (χ1n) is 11.8. The van der Waals surface area contributed by atoms with Crippen LogP contribution < -0.4 is 14.8 Å². The summed E-state index contributed by atoms with van der Waals surface area (Å²) in [5, 5.41) is 3.44. The lowest BCUT2D eigenvalue weighted by atomic mass is 10.1. The maximum absolute atomic E-state index is 6.06. The van der Waals surface area contributed by atoms with Crippen LogP contribution >= 0.6 is 0 Å². The zero-order valence-electron chi connectivity index (χ0n) is 19.5. The molecule has 4 rings (SSSR count). The van der Waals surface area contributed by atoms with Crippen LogP contribution in [0.2, 0.25) is 0 Å². The third kappa shape index (κ3) is 8.62. The third-order valence-corrected chi connectivity index (χ3v) is 4.97. The average Bonchev–Trinajstić information content (AvgIpc) is 3.49. The Morgan fingerprint density at radius 2 is 1.77 bits per heavy atom. The van der Waals surface area contributed by atoms with E-state index in [1.54, 1.807) is 12.5 Å². The number of hydrogen-bond acceptors (Lipinski definition) is 5. The summed E-state index contributed by atoms with van der Waals surface area (Å²) in [6.07, 6.45) is 13.7. The fourth-order valence-corrected chi connectivity index (χ4v) is 3.49. The SMILES string of the molecule is C1=C(Cc2ncco2)CCCC(Oc2ccc(OC[C@H]3CCCN3)cc2)=C1.CC.CC. The van der Waals surface area contributed by atoms with Crippen molar-refractivity contribution in [1.82, 2.24) is 10.3 Å². The van der Waals surface area contributed by atoms with Gasteiger partial charge in [0, 0.05) is 18.9 Å². The molecule has 1 aliphatic heterocycles. The Morgan fingerprint density at radius 3 is 2.45 bits per heavy atom. The molecule has 0 unspecified atom stereocenters. The molecule has 0 saturated carbocycles. The number of aromatic nitrogens is 1. The fourth-order valence-electron chi connectivity index (χ4n) is 3.49. The number of nitrogens with one attached hydrogen (secondary N) is 1. The zero-order valence-corrected chi connectivity index (χ0v) is 19.5. The van der Waals surface area contributed by atoms with E-state index in [1.807, 2.05) is 52.0 Å². The molecule has 1 N–H and O–H groups in total. The molecule has 170 valence electrons. The molecule has 2 aromatic rings. The van der Waals surface area contributed by atoms with Gasteiger partial charge in [-0.05, 0) is 62.6 Å². The van der Waals surface area contributed by atoms with Crippen molar-refractivity contribution >= 4 is 0 Å². The van der Waals surface area contributed by atoms with Crippen LogP contribution in [-0.4, -0.2) is 24.2 Å². The van der Waals surface area contributed by atoms with E-state index in [0.717, 1.165) is 62.0 Å². The minimum absolute atomic E-state index is 0.481. The second-order valence-corrected chi connectivity index (χ2v) is 7.09. The van der Waals surface area contributed by atoms with Crippen molar-refractivity contribution in [2.45, 2.75) is 72.3 Å². The van der Waals surface area contributed by atoms with Crippen LogP contribution in [0.4, 0.5) is 0 Å². The summed E-state index contributed by atoms with van der Waals surface area (Å²) in [6, 6.07) is 8.38. The van der Waals surface area contributed by atoms with Crippen LogP contribution in [0.1, 0.15) is 65.7 Å². The van der Waals surface area contributed by atoms with Crippen LogP contribution in [0.25, 0.3) is 0 Å². The van der Waals surface area contributed by atoms with Gasteiger partial charge in [0.05, 0.1) is 6.20 Å². The van der Waals surface area contributed by atoms with Crippen molar-refractivity contribution in [2.24, 2.45) is 0 Å².